The second kappa shape index (κ2) is 10.1. The van der Waals surface area contributed by atoms with Gasteiger partial charge in [-0.15, -0.1) is 0 Å². The highest BCUT2D eigenvalue weighted by molar-refractivity contribution is 5.93. The largest absolute Gasteiger partial charge is 0.462 e. The van der Waals surface area contributed by atoms with Crippen LogP contribution in [-0.4, -0.2) is 23.1 Å². The van der Waals surface area contributed by atoms with E-state index in [0.717, 1.165) is 17.0 Å². The van der Waals surface area contributed by atoms with E-state index in [0.29, 0.717) is 36.4 Å². The lowest BCUT2D eigenvalue weighted by Gasteiger charge is -2.12. The van der Waals surface area contributed by atoms with Crippen molar-refractivity contribution in [1.29, 1.82) is 0 Å². The third-order valence-electron chi connectivity index (χ3n) is 5.17. The third-order valence-corrected chi connectivity index (χ3v) is 5.17. The van der Waals surface area contributed by atoms with Crippen LogP contribution in [0.3, 0.4) is 0 Å². The minimum Gasteiger partial charge on any atom is -0.462 e. The number of amides is 1. The van der Waals surface area contributed by atoms with E-state index in [1.807, 2.05) is 47.9 Å². The van der Waals surface area contributed by atoms with Gasteiger partial charge in [0.1, 0.15) is 5.82 Å². The van der Waals surface area contributed by atoms with Crippen LogP contribution >= 0.6 is 0 Å². The number of nitrogens with one attached hydrogen (secondary N) is 1. The molecule has 3 rings (SSSR count). The van der Waals surface area contributed by atoms with Crippen molar-refractivity contribution >= 4 is 17.6 Å². The number of anilines is 1. The normalized spacial score (nSPS) is 10.7. The van der Waals surface area contributed by atoms with Crippen LogP contribution in [0.15, 0.2) is 54.6 Å². The first-order valence-corrected chi connectivity index (χ1v) is 10.4. The molecular weight excluding hydrogens is 395 g/mol. The van der Waals surface area contributed by atoms with Gasteiger partial charge < -0.3 is 14.6 Å². The number of nitrogens with zero attached hydrogens (tertiary/aromatic N) is 1. The first-order chi connectivity index (χ1) is 14.9. The molecule has 0 aliphatic carbocycles. The monoisotopic (exact) mass is 422 g/mol. The molecule has 0 saturated heterocycles. The molecule has 5 nitrogen and oxygen atoms in total. The number of benzene rings is 2. The zero-order valence-electron chi connectivity index (χ0n) is 18.1. The lowest BCUT2D eigenvalue weighted by atomic mass is 10.1. The Bertz CT molecular complexity index is 1070. The molecule has 2 aromatic carbocycles. The molecule has 31 heavy (non-hydrogen) atoms. The van der Waals surface area contributed by atoms with E-state index < -0.39 is 0 Å². The number of halogens is 1. The summed E-state index contributed by atoms with van der Waals surface area (Å²) in [4.78, 5) is 24.7. The van der Waals surface area contributed by atoms with E-state index in [4.69, 9.17) is 4.74 Å². The zero-order chi connectivity index (χ0) is 22.4. The van der Waals surface area contributed by atoms with Crippen molar-refractivity contribution in [2.24, 2.45) is 0 Å². The first kappa shape index (κ1) is 22.3. The molecule has 0 aliphatic heterocycles. The van der Waals surface area contributed by atoms with Gasteiger partial charge in [0.25, 0.3) is 0 Å². The van der Waals surface area contributed by atoms with Crippen LogP contribution in [0.4, 0.5) is 10.1 Å². The lowest BCUT2D eigenvalue weighted by Crippen LogP contribution is -2.13. The summed E-state index contributed by atoms with van der Waals surface area (Å²) in [5.41, 5.74) is 4.20. The molecule has 0 spiro atoms. The summed E-state index contributed by atoms with van der Waals surface area (Å²) in [6, 6.07) is 16.3. The number of aromatic nitrogens is 1. The van der Waals surface area contributed by atoms with E-state index in [9.17, 15) is 14.0 Å². The average molecular weight is 423 g/mol. The van der Waals surface area contributed by atoms with Crippen molar-refractivity contribution < 1.29 is 18.7 Å². The number of hydrogen-bond donors (Lipinski definition) is 1. The van der Waals surface area contributed by atoms with Crippen LogP contribution in [0.2, 0.25) is 0 Å². The Morgan fingerprint density at radius 3 is 2.48 bits per heavy atom. The predicted octanol–water partition coefficient (Wildman–Crippen LogP) is 5.51. The summed E-state index contributed by atoms with van der Waals surface area (Å²) in [7, 11) is 0. The molecule has 1 N–H and O–H groups in total. The SMILES string of the molecule is CCOC(=O)c1cc(-c2ccccc2)n(CCCC(=O)Nc2ccc(C)c(F)c2)c1C. The fourth-order valence-corrected chi connectivity index (χ4v) is 3.49. The summed E-state index contributed by atoms with van der Waals surface area (Å²) < 4.78 is 20.9. The Kier molecular flexibility index (Phi) is 7.23. The van der Waals surface area contributed by atoms with Crippen molar-refractivity contribution in [3.05, 3.63) is 77.2 Å². The molecule has 0 saturated carbocycles. The maximum absolute atomic E-state index is 13.7. The smallest absolute Gasteiger partial charge is 0.339 e. The number of esters is 1. The van der Waals surface area contributed by atoms with Gasteiger partial charge in [0.2, 0.25) is 5.91 Å². The van der Waals surface area contributed by atoms with Gasteiger partial charge in [-0.05, 0) is 56.5 Å². The Labute approximate surface area is 181 Å². The summed E-state index contributed by atoms with van der Waals surface area (Å²) in [6.07, 6.45) is 0.841. The Morgan fingerprint density at radius 1 is 1.06 bits per heavy atom. The molecule has 6 heteroatoms. The molecule has 0 radical (unpaired) electrons. The molecule has 1 aromatic heterocycles. The number of rotatable bonds is 8. The maximum Gasteiger partial charge on any atom is 0.339 e. The number of carbonyl (C=O) groups is 2. The molecule has 0 atom stereocenters. The van der Waals surface area contributed by atoms with Gasteiger partial charge in [0, 0.05) is 30.0 Å². The number of hydrogen-bond acceptors (Lipinski definition) is 3. The minimum absolute atomic E-state index is 0.181. The minimum atomic E-state index is -0.352. The standard InChI is InChI=1S/C25H27FN2O3/c1-4-31-25(30)21-16-23(19-9-6-5-7-10-19)28(18(21)3)14-8-11-24(29)27-20-13-12-17(2)22(26)15-20/h5-7,9-10,12-13,15-16H,4,8,11,14H2,1-3H3,(H,27,29). The van der Waals surface area contributed by atoms with Gasteiger partial charge in [-0.2, -0.15) is 0 Å². The molecule has 1 heterocycles. The molecule has 0 aliphatic rings. The van der Waals surface area contributed by atoms with E-state index in [2.05, 4.69) is 5.32 Å². The molecule has 1 amide bonds. The molecule has 0 fully saturated rings. The van der Waals surface area contributed by atoms with E-state index in [-0.39, 0.29) is 24.1 Å². The van der Waals surface area contributed by atoms with Gasteiger partial charge in [0.05, 0.1) is 12.2 Å². The molecule has 162 valence electrons. The van der Waals surface area contributed by atoms with Crippen LogP contribution in [0, 0.1) is 19.7 Å². The fraction of sp³-hybridized carbons (Fsp3) is 0.280. The number of ether oxygens (including phenoxy) is 1. The van der Waals surface area contributed by atoms with Crippen LogP contribution in [-0.2, 0) is 16.1 Å². The van der Waals surface area contributed by atoms with Crippen molar-refractivity contribution in [3.63, 3.8) is 0 Å². The summed E-state index contributed by atoms with van der Waals surface area (Å²) in [5, 5.41) is 2.74. The van der Waals surface area contributed by atoms with Gasteiger partial charge in [-0.3, -0.25) is 4.79 Å². The highest BCUT2D eigenvalue weighted by Gasteiger charge is 2.19. The topological polar surface area (TPSA) is 60.3 Å². The molecular formula is C25H27FN2O3. The predicted molar refractivity (Wildman–Crippen MR) is 120 cm³/mol. The second-order valence-electron chi connectivity index (χ2n) is 7.38. The summed E-state index contributed by atoms with van der Waals surface area (Å²) in [5.74, 6) is -0.880. The lowest BCUT2D eigenvalue weighted by molar-refractivity contribution is -0.116. The van der Waals surface area contributed by atoms with E-state index >= 15 is 0 Å². The number of aryl methyl sites for hydroxylation is 1. The van der Waals surface area contributed by atoms with Crippen molar-refractivity contribution in [3.8, 4) is 11.3 Å². The van der Waals surface area contributed by atoms with Gasteiger partial charge in [-0.25, -0.2) is 9.18 Å². The van der Waals surface area contributed by atoms with Crippen LogP contribution in [0.25, 0.3) is 11.3 Å². The molecule has 0 bridgehead atoms. The first-order valence-electron chi connectivity index (χ1n) is 10.4. The van der Waals surface area contributed by atoms with Crippen molar-refractivity contribution in [2.75, 3.05) is 11.9 Å². The van der Waals surface area contributed by atoms with Crippen molar-refractivity contribution in [2.45, 2.75) is 40.2 Å². The van der Waals surface area contributed by atoms with Crippen molar-refractivity contribution in [1.82, 2.24) is 4.57 Å². The second-order valence-corrected chi connectivity index (χ2v) is 7.38. The Hall–Kier alpha value is -3.41. The average Bonchev–Trinajstić information content (AvgIpc) is 3.08. The highest BCUT2D eigenvalue weighted by Crippen LogP contribution is 2.27. The van der Waals surface area contributed by atoms with E-state index in [1.54, 1.807) is 26.0 Å². The maximum atomic E-state index is 13.7. The summed E-state index contributed by atoms with van der Waals surface area (Å²) in [6.45, 7) is 6.21. The highest BCUT2D eigenvalue weighted by atomic mass is 19.1. The Morgan fingerprint density at radius 2 is 1.81 bits per heavy atom. The van der Waals surface area contributed by atoms with Crippen LogP contribution < -0.4 is 5.32 Å². The molecule has 3 aromatic rings. The third kappa shape index (κ3) is 5.40. The quantitative estimate of drug-likeness (QED) is 0.487. The van der Waals surface area contributed by atoms with Gasteiger partial charge >= 0.3 is 5.97 Å². The molecule has 0 unspecified atom stereocenters. The van der Waals surface area contributed by atoms with Crippen LogP contribution in [0.1, 0.15) is 41.4 Å². The summed E-state index contributed by atoms with van der Waals surface area (Å²) >= 11 is 0. The number of carbonyl (C=O) groups excluding carboxylic acids is 2. The van der Waals surface area contributed by atoms with Crippen LogP contribution in [0.5, 0.6) is 0 Å². The fourth-order valence-electron chi connectivity index (χ4n) is 3.49. The Balaban J connectivity index is 1.73. The van der Waals surface area contributed by atoms with Gasteiger partial charge in [0.15, 0.2) is 0 Å². The van der Waals surface area contributed by atoms with E-state index in [1.165, 1.54) is 6.07 Å². The van der Waals surface area contributed by atoms with Gasteiger partial charge in [-0.1, -0.05) is 36.4 Å². The zero-order valence-corrected chi connectivity index (χ0v) is 18.1.